The van der Waals surface area contributed by atoms with Gasteiger partial charge in [0.15, 0.2) is 5.89 Å². The van der Waals surface area contributed by atoms with E-state index < -0.39 is 0 Å². The number of carbonyl (C=O) groups excluding carboxylic acids is 1. The highest BCUT2D eigenvalue weighted by molar-refractivity contribution is 5.80. The molecule has 3 aliphatic rings. The SMILES string of the molecule is Cc1nc(CN2C[C@@H]3CC[C@H](C2)N(Cc2ccccc2)C3=O)co1. The van der Waals surface area contributed by atoms with Gasteiger partial charge in [0.25, 0.3) is 0 Å². The number of nitrogens with zero attached hydrogens (tertiary/aromatic N) is 3. The lowest BCUT2D eigenvalue weighted by Crippen LogP contribution is -2.47. The zero-order chi connectivity index (χ0) is 16.5. The predicted octanol–water partition coefficient (Wildman–Crippen LogP) is 2.61. The summed E-state index contributed by atoms with van der Waals surface area (Å²) in [5.74, 6) is 1.12. The van der Waals surface area contributed by atoms with E-state index in [-0.39, 0.29) is 5.92 Å². The van der Waals surface area contributed by atoms with Gasteiger partial charge in [-0.05, 0) is 18.4 Å². The van der Waals surface area contributed by atoms with Crippen molar-refractivity contribution in [2.75, 3.05) is 13.1 Å². The van der Waals surface area contributed by atoms with E-state index in [1.165, 1.54) is 5.56 Å². The molecule has 0 unspecified atom stereocenters. The van der Waals surface area contributed by atoms with Gasteiger partial charge >= 0.3 is 0 Å². The van der Waals surface area contributed by atoms with E-state index >= 15 is 0 Å². The number of hydrogen-bond acceptors (Lipinski definition) is 4. The van der Waals surface area contributed by atoms with Crippen LogP contribution in [0.5, 0.6) is 0 Å². The molecule has 5 nitrogen and oxygen atoms in total. The van der Waals surface area contributed by atoms with Crippen LogP contribution in [0.25, 0.3) is 0 Å². The van der Waals surface area contributed by atoms with Crippen LogP contribution in [0.4, 0.5) is 0 Å². The third-order valence-electron chi connectivity index (χ3n) is 5.12. The second kappa shape index (κ2) is 6.40. The number of amides is 1. The van der Waals surface area contributed by atoms with Crippen molar-refractivity contribution < 1.29 is 9.21 Å². The highest BCUT2D eigenvalue weighted by Crippen LogP contribution is 2.31. The number of piperidine rings is 1. The Morgan fingerprint density at radius 3 is 2.75 bits per heavy atom. The molecule has 1 aromatic carbocycles. The van der Waals surface area contributed by atoms with Crippen LogP contribution < -0.4 is 0 Å². The molecule has 2 aromatic rings. The number of aryl methyl sites for hydroxylation is 1. The number of benzene rings is 1. The summed E-state index contributed by atoms with van der Waals surface area (Å²) in [4.78, 5) is 21.7. The molecule has 4 heterocycles. The third kappa shape index (κ3) is 3.08. The second-order valence-corrected chi connectivity index (χ2v) is 6.93. The Labute approximate surface area is 142 Å². The van der Waals surface area contributed by atoms with Gasteiger partial charge in [0.05, 0.1) is 11.6 Å². The van der Waals surface area contributed by atoms with E-state index in [9.17, 15) is 4.79 Å². The minimum Gasteiger partial charge on any atom is -0.449 e. The van der Waals surface area contributed by atoms with E-state index in [1.807, 2.05) is 25.1 Å². The van der Waals surface area contributed by atoms with Gasteiger partial charge < -0.3 is 9.32 Å². The summed E-state index contributed by atoms with van der Waals surface area (Å²) < 4.78 is 5.31. The Morgan fingerprint density at radius 2 is 2.00 bits per heavy atom. The van der Waals surface area contributed by atoms with Crippen molar-refractivity contribution in [1.29, 1.82) is 0 Å². The van der Waals surface area contributed by atoms with Crippen LogP contribution in [0, 0.1) is 12.8 Å². The summed E-state index contributed by atoms with van der Waals surface area (Å²) in [6.07, 6.45) is 3.83. The van der Waals surface area contributed by atoms with Crippen molar-refractivity contribution in [3.8, 4) is 0 Å². The van der Waals surface area contributed by atoms with Gasteiger partial charge in [-0.1, -0.05) is 30.3 Å². The van der Waals surface area contributed by atoms with Gasteiger partial charge in [-0.15, -0.1) is 0 Å². The van der Waals surface area contributed by atoms with Crippen molar-refractivity contribution in [3.05, 3.63) is 53.7 Å². The molecule has 5 rings (SSSR count). The fourth-order valence-corrected chi connectivity index (χ4v) is 3.96. The molecule has 1 aromatic heterocycles. The number of rotatable bonds is 4. The Kier molecular flexibility index (Phi) is 4.10. The average Bonchev–Trinajstić information content (AvgIpc) is 2.82. The summed E-state index contributed by atoms with van der Waals surface area (Å²) >= 11 is 0. The van der Waals surface area contributed by atoms with Gasteiger partial charge in [0.2, 0.25) is 5.91 Å². The minimum atomic E-state index is 0.112. The highest BCUT2D eigenvalue weighted by atomic mass is 16.3. The maximum atomic E-state index is 12.9. The quantitative estimate of drug-likeness (QED) is 0.867. The fourth-order valence-electron chi connectivity index (χ4n) is 3.96. The van der Waals surface area contributed by atoms with Crippen molar-refractivity contribution in [2.45, 2.75) is 38.9 Å². The van der Waals surface area contributed by atoms with E-state index in [1.54, 1.807) is 6.26 Å². The molecule has 1 amide bonds. The summed E-state index contributed by atoms with van der Waals surface area (Å²) in [5, 5.41) is 0. The Balaban J connectivity index is 1.50. The average molecular weight is 325 g/mol. The van der Waals surface area contributed by atoms with E-state index in [4.69, 9.17) is 4.42 Å². The minimum absolute atomic E-state index is 0.112. The second-order valence-electron chi connectivity index (χ2n) is 6.93. The molecule has 126 valence electrons. The first-order valence-corrected chi connectivity index (χ1v) is 8.67. The number of oxazole rings is 1. The van der Waals surface area contributed by atoms with Crippen LogP contribution in [0.2, 0.25) is 0 Å². The van der Waals surface area contributed by atoms with E-state index in [2.05, 4.69) is 26.9 Å². The number of hydrogen-bond donors (Lipinski definition) is 0. The topological polar surface area (TPSA) is 49.6 Å². The molecule has 5 heteroatoms. The lowest BCUT2D eigenvalue weighted by atomic mass is 9.93. The molecule has 3 aliphatic heterocycles. The zero-order valence-electron chi connectivity index (χ0n) is 14.0. The highest BCUT2D eigenvalue weighted by Gasteiger charge is 2.40. The standard InChI is InChI=1S/C19H23N3O2/c1-14-20-17(13-24-14)11-21-10-16-7-8-18(12-21)22(19(16)23)9-15-5-3-2-4-6-15/h2-6,13,16,18H,7-12H2,1H3/t16-,18+/m0/s1. The molecule has 0 spiro atoms. The van der Waals surface area contributed by atoms with Crippen LogP contribution in [0.1, 0.15) is 30.0 Å². The lowest BCUT2D eigenvalue weighted by molar-refractivity contribution is -0.140. The van der Waals surface area contributed by atoms with Gasteiger partial charge in [-0.25, -0.2) is 4.98 Å². The maximum absolute atomic E-state index is 12.9. The molecule has 0 radical (unpaired) electrons. The van der Waals surface area contributed by atoms with Crippen molar-refractivity contribution in [3.63, 3.8) is 0 Å². The van der Waals surface area contributed by atoms with Gasteiger partial charge in [-0.3, -0.25) is 9.69 Å². The summed E-state index contributed by atoms with van der Waals surface area (Å²) in [6, 6.07) is 10.6. The molecule has 2 atom stereocenters. The van der Waals surface area contributed by atoms with E-state index in [0.717, 1.165) is 44.7 Å². The molecular weight excluding hydrogens is 302 g/mol. The number of fused-ring (bicyclic) bond motifs is 4. The van der Waals surface area contributed by atoms with Gasteiger partial charge in [0.1, 0.15) is 6.26 Å². The Hall–Kier alpha value is -2.14. The number of carbonyl (C=O) groups is 1. The molecule has 2 bridgehead atoms. The first-order valence-electron chi connectivity index (χ1n) is 8.67. The largest absolute Gasteiger partial charge is 0.449 e. The van der Waals surface area contributed by atoms with Crippen molar-refractivity contribution in [2.24, 2.45) is 5.92 Å². The van der Waals surface area contributed by atoms with Crippen LogP contribution in [-0.2, 0) is 17.9 Å². The third-order valence-corrected chi connectivity index (χ3v) is 5.12. The van der Waals surface area contributed by atoms with Gasteiger partial charge in [0, 0.05) is 39.1 Å². The van der Waals surface area contributed by atoms with Gasteiger partial charge in [-0.2, -0.15) is 0 Å². The van der Waals surface area contributed by atoms with Crippen LogP contribution in [0.3, 0.4) is 0 Å². The monoisotopic (exact) mass is 325 g/mol. The smallest absolute Gasteiger partial charge is 0.227 e. The van der Waals surface area contributed by atoms with Crippen molar-refractivity contribution in [1.82, 2.24) is 14.8 Å². The Bertz CT molecular complexity index is 712. The maximum Gasteiger partial charge on any atom is 0.227 e. The normalized spacial score (nSPS) is 24.4. The predicted molar refractivity (Wildman–Crippen MR) is 90.0 cm³/mol. The van der Waals surface area contributed by atoms with Crippen molar-refractivity contribution >= 4 is 5.91 Å². The molecule has 0 saturated carbocycles. The molecule has 24 heavy (non-hydrogen) atoms. The van der Waals surface area contributed by atoms with Crippen LogP contribution >= 0.6 is 0 Å². The molecule has 0 aliphatic carbocycles. The lowest BCUT2D eigenvalue weighted by Gasteiger charge is -2.36. The van der Waals surface area contributed by atoms with E-state index in [0.29, 0.717) is 17.8 Å². The number of aromatic nitrogens is 1. The molecule has 3 saturated heterocycles. The van der Waals surface area contributed by atoms with Crippen LogP contribution in [0.15, 0.2) is 41.0 Å². The summed E-state index contributed by atoms with van der Waals surface area (Å²) in [7, 11) is 0. The molecule has 3 fully saturated rings. The zero-order valence-corrected chi connectivity index (χ0v) is 14.0. The molecule has 0 N–H and O–H groups in total. The fraction of sp³-hybridized carbons (Fsp3) is 0.474. The Morgan fingerprint density at radius 1 is 1.17 bits per heavy atom. The molecular formula is C19H23N3O2. The first-order chi connectivity index (χ1) is 11.7. The van der Waals surface area contributed by atoms with Crippen LogP contribution in [-0.4, -0.2) is 39.8 Å². The first kappa shape index (κ1) is 15.4. The summed E-state index contributed by atoms with van der Waals surface area (Å²) in [5.41, 5.74) is 2.16. The summed E-state index contributed by atoms with van der Waals surface area (Å²) in [6.45, 7) is 5.09.